The Kier molecular flexibility index (Phi) is 5.64. The molecule has 1 aliphatic carbocycles. The second kappa shape index (κ2) is 7.09. The molecule has 0 aromatic carbocycles. The number of ether oxygens (including phenoxy) is 8. The number of aliphatic hydroxyl groups excluding tert-OH is 2. The van der Waals surface area contributed by atoms with Crippen LogP contribution in [0.25, 0.3) is 0 Å². The fourth-order valence-corrected chi connectivity index (χ4v) is 4.09. The van der Waals surface area contributed by atoms with Crippen molar-refractivity contribution >= 4 is 0 Å². The van der Waals surface area contributed by atoms with Crippen LogP contribution < -0.4 is 0 Å². The minimum absolute atomic E-state index is 0.840. The third-order valence-electron chi connectivity index (χ3n) is 6.65. The lowest BCUT2D eigenvalue weighted by molar-refractivity contribution is -0.510. The van der Waals surface area contributed by atoms with E-state index >= 15 is 0 Å². The van der Waals surface area contributed by atoms with Gasteiger partial charge in [0.15, 0.2) is 0 Å². The minimum atomic E-state index is -1.34. The van der Waals surface area contributed by atoms with Crippen molar-refractivity contribution < 1.29 is 48.1 Å². The van der Waals surface area contributed by atoms with Crippen LogP contribution in [0, 0.1) is 0 Å². The maximum Gasteiger partial charge on any atom is 0.220 e. The first-order chi connectivity index (χ1) is 12.9. The molecule has 2 saturated heterocycles. The highest BCUT2D eigenvalue weighted by Gasteiger charge is 2.69. The zero-order valence-corrected chi connectivity index (χ0v) is 17.6. The molecule has 10 atom stereocenters. The lowest BCUT2D eigenvalue weighted by Gasteiger charge is -2.61. The van der Waals surface area contributed by atoms with Crippen molar-refractivity contribution in [2.24, 2.45) is 0 Å². The van der Waals surface area contributed by atoms with Crippen LogP contribution in [0.2, 0.25) is 0 Å². The smallest absolute Gasteiger partial charge is 0.220 e. The topological polar surface area (TPSA) is 114 Å². The Morgan fingerprint density at radius 1 is 0.500 bits per heavy atom. The average Bonchev–Trinajstić information content (AvgIpc) is 2.69. The van der Waals surface area contributed by atoms with Crippen LogP contribution in [0.4, 0.5) is 0 Å². The molecule has 2 heterocycles. The van der Waals surface area contributed by atoms with Crippen LogP contribution in [0.15, 0.2) is 0 Å². The maximum atomic E-state index is 10.8. The Bertz CT molecular complexity index is 541. The molecule has 164 valence electrons. The van der Waals surface area contributed by atoms with Crippen molar-refractivity contribution in [1.29, 1.82) is 0 Å². The Labute approximate surface area is 164 Å². The van der Waals surface area contributed by atoms with E-state index in [1.54, 1.807) is 27.7 Å². The summed E-state index contributed by atoms with van der Waals surface area (Å²) in [5, 5.41) is 21.5. The van der Waals surface area contributed by atoms with Crippen LogP contribution in [0.3, 0.4) is 0 Å². The molecule has 0 radical (unpaired) electrons. The number of hydrogen-bond acceptors (Lipinski definition) is 10. The number of aliphatic hydroxyl groups is 2. The summed E-state index contributed by atoms with van der Waals surface area (Å²) in [5.74, 6) is -5.30. The van der Waals surface area contributed by atoms with Gasteiger partial charge in [-0.1, -0.05) is 0 Å². The Morgan fingerprint density at radius 2 is 0.714 bits per heavy atom. The van der Waals surface area contributed by atoms with Gasteiger partial charge in [-0.05, 0) is 27.7 Å². The van der Waals surface area contributed by atoms with Gasteiger partial charge in [-0.3, -0.25) is 0 Å². The van der Waals surface area contributed by atoms with Crippen LogP contribution in [-0.2, 0) is 37.9 Å². The Morgan fingerprint density at radius 3 is 0.929 bits per heavy atom. The molecule has 8 unspecified atom stereocenters. The van der Waals surface area contributed by atoms with Crippen molar-refractivity contribution in [2.45, 2.75) is 87.5 Å². The number of methoxy groups -OCH3 is 4. The van der Waals surface area contributed by atoms with Crippen molar-refractivity contribution in [1.82, 2.24) is 0 Å². The molecule has 28 heavy (non-hydrogen) atoms. The summed E-state index contributed by atoms with van der Waals surface area (Å²) in [6.45, 7) is 6.60. The van der Waals surface area contributed by atoms with E-state index in [1.807, 2.05) is 0 Å². The van der Waals surface area contributed by atoms with Crippen LogP contribution in [0.1, 0.15) is 27.7 Å². The number of fused-ring (bicyclic) bond motifs is 3. The van der Waals surface area contributed by atoms with Crippen molar-refractivity contribution in [3.05, 3.63) is 0 Å². The molecule has 10 nitrogen and oxygen atoms in total. The van der Waals surface area contributed by atoms with Gasteiger partial charge in [0.25, 0.3) is 0 Å². The first kappa shape index (κ1) is 22.3. The summed E-state index contributed by atoms with van der Waals surface area (Å²) in [6, 6.07) is 0. The first-order valence-corrected chi connectivity index (χ1v) is 9.23. The van der Waals surface area contributed by atoms with Crippen LogP contribution in [-0.4, -0.2) is 98.4 Å². The maximum absolute atomic E-state index is 10.8. The van der Waals surface area contributed by atoms with Gasteiger partial charge in [-0.2, -0.15) is 0 Å². The molecule has 1 saturated carbocycles. The lowest BCUT2D eigenvalue weighted by Crippen LogP contribution is -2.79. The molecule has 2 aliphatic heterocycles. The molecular formula is C18H32O10. The monoisotopic (exact) mass is 408 g/mol. The van der Waals surface area contributed by atoms with Crippen molar-refractivity contribution in [2.75, 3.05) is 28.4 Å². The molecular weight excluding hydrogens is 376 g/mol. The molecule has 3 rings (SSSR count). The predicted octanol–water partition coefficient (Wildman–Crippen LogP) is -0.260. The molecule has 3 aliphatic rings. The lowest BCUT2D eigenvalue weighted by atomic mass is 9.81. The van der Waals surface area contributed by atoms with E-state index in [0.29, 0.717) is 0 Å². The summed E-state index contributed by atoms with van der Waals surface area (Å²) in [7, 11) is 5.82. The van der Waals surface area contributed by atoms with E-state index in [1.165, 1.54) is 28.4 Å². The SMILES string of the molecule is COC1(C)OC2C(OC1(C)OC)[C@@H]1OC(C)(OC)C(C)(OC)OC1C(O)[C@@H]2O. The highest BCUT2D eigenvalue weighted by Crippen LogP contribution is 2.49. The fourth-order valence-electron chi connectivity index (χ4n) is 4.09. The normalized spacial score (nSPS) is 56.8. The average molecular weight is 408 g/mol. The molecule has 0 aromatic heterocycles. The summed E-state index contributed by atoms with van der Waals surface area (Å²) < 4.78 is 46.6. The van der Waals surface area contributed by atoms with Crippen LogP contribution >= 0.6 is 0 Å². The van der Waals surface area contributed by atoms with E-state index in [2.05, 4.69) is 0 Å². The zero-order chi connectivity index (χ0) is 21.1. The summed E-state index contributed by atoms with van der Waals surface area (Å²) in [4.78, 5) is 0. The molecule has 10 heteroatoms. The highest BCUT2D eigenvalue weighted by molar-refractivity contribution is 5.09. The second-order valence-corrected chi connectivity index (χ2v) is 7.91. The van der Waals surface area contributed by atoms with Gasteiger partial charge < -0.3 is 48.1 Å². The molecule has 0 amide bonds. The second-order valence-electron chi connectivity index (χ2n) is 7.91. The van der Waals surface area contributed by atoms with E-state index in [4.69, 9.17) is 37.9 Å². The van der Waals surface area contributed by atoms with Gasteiger partial charge in [0.05, 0.1) is 0 Å². The highest BCUT2D eigenvalue weighted by atomic mass is 16.8. The van der Waals surface area contributed by atoms with Gasteiger partial charge in [-0.15, -0.1) is 0 Å². The van der Waals surface area contributed by atoms with Gasteiger partial charge in [0.2, 0.25) is 23.1 Å². The largest absolute Gasteiger partial charge is 0.387 e. The summed E-state index contributed by atoms with van der Waals surface area (Å²) >= 11 is 0. The molecule has 0 aromatic rings. The van der Waals surface area contributed by atoms with Gasteiger partial charge in [0, 0.05) is 28.4 Å². The van der Waals surface area contributed by atoms with E-state index in [9.17, 15) is 10.2 Å². The standard InChI is InChI=1S/C18H32O10/c1-15(21-5)17(3,23-7)27-13-11(25-15)9(19)10(20)12-14(13)28-18(4,24-8)16(2,22-6)26-12/h9-14,19-20H,1-8H3/t9-,10?,11?,12?,13?,14+,15?,16?,17?,18?/m0/s1. The number of rotatable bonds is 4. The fraction of sp³-hybridized carbons (Fsp3) is 1.00. The van der Waals surface area contributed by atoms with E-state index in [-0.39, 0.29) is 0 Å². The van der Waals surface area contributed by atoms with Gasteiger partial charge in [-0.25, -0.2) is 0 Å². The quantitative estimate of drug-likeness (QED) is 0.645. The first-order valence-electron chi connectivity index (χ1n) is 9.23. The molecule has 0 spiro atoms. The molecule has 0 bridgehead atoms. The van der Waals surface area contributed by atoms with Crippen molar-refractivity contribution in [3.63, 3.8) is 0 Å². The van der Waals surface area contributed by atoms with Gasteiger partial charge >= 0.3 is 0 Å². The predicted molar refractivity (Wildman–Crippen MR) is 93.2 cm³/mol. The van der Waals surface area contributed by atoms with E-state index < -0.39 is 59.8 Å². The zero-order valence-electron chi connectivity index (χ0n) is 17.6. The van der Waals surface area contributed by atoms with Crippen molar-refractivity contribution in [3.8, 4) is 0 Å². The van der Waals surface area contributed by atoms with E-state index in [0.717, 1.165) is 0 Å². The minimum Gasteiger partial charge on any atom is -0.387 e. The molecule has 3 fully saturated rings. The third-order valence-corrected chi connectivity index (χ3v) is 6.65. The Balaban J connectivity index is 2.01. The third kappa shape index (κ3) is 2.86. The molecule has 2 N–H and O–H groups in total. The summed E-state index contributed by atoms with van der Waals surface area (Å²) in [6.07, 6.45) is -6.24. The van der Waals surface area contributed by atoms with Gasteiger partial charge in [0.1, 0.15) is 36.6 Å². The summed E-state index contributed by atoms with van der Waals surface area (Å²) in [5.41, 5.74) is 0. The number of hydrogen-bond donors (Lipinski definition) is 2. The van der Waals surface area contributed by atoms with Crippen LogP contribution in [0.5, 0.6) is 0 Å². The Hall–Kier alpha value is -0.400.